The molecule has 9 nitrogen and oxygen atoms in total. The van der Waals surface area contributed by atoms with E-state index < -0.39 is 17.1 Å². The highest BCUT2D eigenvalue weighted by molar-refractivity contribution is 8.01. The normalized spacial score (nSPS) is 35.7. The molecule has 3 saturated heterocycles. The van der Waals surface area contributed by atoms with Crippen molar-refractivity contribution in [1.82, 2.24) is 25.3 Å². The van der Waals surface area contributed by atoms with Gasteiger partial charge in [0.05, 0.1) is 42.1 Å². The van der Waals surface area contributed by atoms with E-state index in [2.05, 4.69) is 40.1 Å². The molecule has 4 fully saturated rings. The van der Waals surface area contributed by atoms with Gasteiger partial charge in [0.25, 0.3) is 0 Å². The lowest BCUT2D eigenvalue weighted by molar-refractivity contribution is -0.144. The number of Topliss-reactive ketones (excluding diaryl/α,β-unsaturated/α-hetero) is 1. The minimum Gasteiger partial charge on any atom is -0.348 e. The van der Waals surface area contributed by atoms with E-state index in [0.29, 0.717) is 45.1 Å². The summed E-state index contributed by atoms with van der Waals surface area (Å²) in [6.45, 7) is 6.90. The van der Waals surface area contributed by atoms with Crippen LogP contribution in [0, 0.1) is 23.1 Å². The summed E-state index contributed by atoms with van der Waals surface area (Å²) >= 11 is 1.52. The monoisotopic (exact) mass is 582 g/mol. The van der Waals surface area contributed by atoms with E-state index in [1.807, 2.05) is 6.07 Å². The topological polar surface area (TPSA) is 101 Å². The van der Waals surface area contributed by atoms with Crippen LogP contribution in [-0.2, 0) is 20.7 Å². The van der Waals surface area contributed by atoms with Crippen molar-refractivity contribution < 1.29 is 18.7 Å². The van der Waals surface area contributed by atoms with Gasteiger partial charge in [-0.1, -0.05) is 12.6 Å². The summed E-state index contributed by atoms with van der Waals surface area (Å²) in [5.74, 6) is -0.289. The van der Waals surface area contributed by atoms with E-state index in [9.17, 15) is 19.2 Å². The number of benzene rings is 1. The van der Waals surface area contributed by atoms with Crippen LogP contribution in [0.3, 0.4) is 0 Å². The number of amides is 1. The van der Waals surface area contributed by atoms with Gasteiger partial charge < -0.3 is 14.5 Å². The Labute approximate surface area is 245 Å². The Balaban J connectivity index is 1.24. The Morgan fingerprint density at radius 2 is 2.15 bits per heavy atom. The number of halogens is 1. The highest BCUT2D eigenvalue weighted by atomic mass is 32.2. The SMILES string of the molecule is C=CC(=O)N1CCN(C2NC(OCC3CCCN3C)NC3C(=O)[C@]4(CCC32)Cc2ccc(F)cc2S4)CC1CC#N. The zero-order chi connectivity index (χ0) is 28.7. The van der Waals surface area contributed by atoms with Gasteiger partial charge in [0.2, 0.25) is 5.91 Å². The van der Waals surface area contributed by atoms with Crippen LogP contribution in [0.2, 0.25) is 0 Å². The summed E-state index contributed by atoms with van der Waals surface area (Å²) < 4.78 is 19.8. The van der Waals surface area contributed by atoms with E-state index in [1.165, 1.54) is 23.9 Å². The van der Waals surface area contributed by atoms with Gasteiger partial charge >= 0.3 is 0 Å². The number of nitrogens with zero attached hydrogens (tertiary/aromatic N) is 4. The Hall–Kier alpha value is -2.33. The number of likely N-dealkylation sites (N-methyl/N-ethyl adjacent to an activating group) is 1. The van der Waals surface area contributed by atoms with E-state index in [-0.39, 0.29) is 42.1 Å². The summed E-state index contributed by atoms with van der Waals surface area (Å²) in [5, 5.41) is 16.7. The molecule has 1 aromatic rings. The molecule has 5 aliphatic rings. The number of piperazine rings is 1. The zero-order valence-electron chi connectivity index (χ0n) is 23.6. The van der Waals surface area contributed by atoms with Gasteiger partial charge in [-0.2, -0.15) is 5.26 Å². The largest absolute Gasteiger partial charge is 0.348 e. The molecular weight excluding hydrogens is 543 g/mol. The predicted octanol–water partition coefficient (Wildman–Crippen LogP) is 2.09. The van der Waals surface area contributed by atoms with Crippen molar-refractivity contribution in [3.05, 3.63) is 42.2 Å². The number of fused-ring (bicyclic) bond motifs is 2. The number of nitriles is 1. The molecule has 2 N–H and O–H groups in total. The maximum absolute atomic E-state index is 14.4. The Morgan fingerprint density at radius 3 is 2.90 bits per heavy atom. The van der Waals surface area contributed by atoms with Crippen molar-refractivity contribution in [2.45, 2.75) is 78.8 Å². The first kappa shape index (κ1) is 28.8. The maximum atomic E-state index is 14.4. The van der Waals surface area contributed by atoms with E-state index >= 15 is 0 Å². The molecule has 11 heteroatoms. The van der Waals surface area contributed by atoms with Crippen molar-refractivity contribution >= 4 is 23.5 Å². The second-order valence-corrected chi connectivity index (χ2v) is 13.5. The van der Waals surface area contributed by atoms with Crippen molar-refractivity contribution in [2.24, 2.45) is 5.92 Å². The third kappa shape index (κ3) is 5.46. The lowest BCUT2D eigenvalue weighted by Gasteiger charge is -2.54. The molecule has 1 spiro atoms. The molecule has 41 heavy (non-hydrogen) atoms. The number of ether oxygens (including phenoxy) is 1. The fraction of sp³-hybridized carbons (Fsp3) is 0.633. The number of carbonyl (C=O) groups is 2. The van der Waals surface area contributed by atoms with Gasteiger partial charge in [0, 0.05) is 36.5 Å². The van der Waals surface area contributed by atoms with Gasteiger partial charge in [0.15, 0.2) is 12.1 Å². The van der Waals surface area contributed by atoms with Crippen LogP contribution in [0.1, 0.15) is 37.7 Å². The molecule has 1 aliphatic carbocycles. The average molecular weight is 583 g/mol. The van der Waals surface area contributed by atoms with E-state index in [1.54, 1.807) is 11.0 Å². The van der Waals surface area contributed by atoms with Crippen LogP contribution in [0.5, 0.6) is 0 Å². The predicted molar refractivity (Wildman–Crippen MR) is 153 cm³/mol. The Kier molecular flexibility index (Phi) is 8.24. The molecule has 6 rings (SSSR count). The molecule has 0 bridgehead atoms. The summed E-state index contributed by atoms with van der Waals surface area (Å²) in [6, 6.07) is 6.76. The molecule has 0 aromatic heterocycles. The number of carbonyl (C=O) groups excluding carboxylic acids is 2. The van der Waals surface area contributed by atoms with Gasteiger partial charge in [-0.15, -0.1) is 11.8 Å². The minimum absolute atomic E-state index is 0.00688. The lowest BCUT2D eigenvalue weighted by Crippen LogP contribution is -2.75. The second-order valence-electron chi connectivity index (χ2n) is 12.1. The van der Waals surface area contributed by atoms with E-state index in [0.717, 1.165) is 36.3 Å². The lowest BCUT2D eigenvalue weighted by atomic mass is 9.72. The van der Waals surface area contributed by atoms with Crippen LogP contribution < -0.4 is 10.6 Å². The Bertz CT molecular complexity index is 1240. The van der Waals surface area contributed by atoms with Gasteiger partial charge in [0.1, 0.15) is 5.82 Å². The zero-order valence-corrected chi connectivity index (χ0v) is 24.4. The molecule has 220 valence electrons. The fourth-order valence-corrected chi connectivity index (χ4v) is 9.03. The molecule has 0 radical (unpaired) electrons. The number of rotatable bonds is 6. The highest BCUT2D eigenvalue weighted by Crippen LogP contribution is 2.53. The smallest absolute Gasteiger partial charge is 0.246 e. The van der Waals surface area contributed by atoms with Crippen molar-refractivity contribution in [3.63, 3.8) is 0 Å². The average Bonchev–Trinajstić information content (AvgIpc) is 3.56. The van der Waals surface area contributed by atoms with E-state index in [4.69, 9.17) is 4.74 Å². The first-order valence-electron chi connectivity index (χ1n) is 14.7. The number of hydrogen-bond acceptors (Lipinski definition) is 9. The molecule has 7 atom stereocenters. The van der Waals surface area contributed by atoms with Crippen LogP contribution in [0.15, 0.2) is 35.7 Å². The molecule has 4 heterocycles. The second kappa shape index (κ2) is 11.7. The minimum atomic E-state index is -0.610. The van der Waals surface area contributed by atoms with Crippen LogP contribution >= 0.6 is 11.8 Å². The molecule has 6 unspecified atom stereocenters. The van der Waals surface area contributed by atoms with Gasteiger partial charge in [-0.05, 0) is 69.5 Å². The molecule has 1 saturated carbocycles. The maximum Gasteiger partial charge on any atom is 0.246 e. The summed E-state index contributed by atoms with van der Waals surface area (Å²) in [4.78, 5) is 34.1. The first-order chi connectivity index (χ1) is 19.8. The number of thioether (sulfide) groups is 1. The van der Waals surface area contributed by atoms with Crippen LogP contribution in [0.4, 0.5) is 4.39 Å². The molecular formula is C30H39FN6O3S. The first-order valence-corrected chi connectivity index (χ1v) is 15.5. The van der Waals surface area contributed by atoms with Crippen molar-refractivity contribution in [1.29, 1.82) is 5.26 Å². The summed E-state index contributed by atoms with van der Waals surface area (Å²) in [5.41, 5.74) is 1.04. The number of likely N-dealkylation sites (tertiary alicyclic amines) is 1. The number of ketones is 1. The molecule has 1 amide bonds. The Morgan fingerprint density at radius 1 is 1.29 bits per heavy atom. The van der Waals surface area contributed by atoms with Gasteiger partial charge in [-0.25, -0.2) is 4.39 Å². The van der Waals surface area contributed by atoms with Crippen molar-refractivity contribution in [3.8, 4) is 6.07 Å². The fourth-order valence-electron chi connectivity index (χ4n) is 7.49. The van der Waals surface area contributed by atoms with Crippen LogP contribution in [-0.4, -0.2) is 102 Å². The molecule has 4 aliphatic heterocycles. The van der Waals surface area contributed by atoms with Crippen LogP contribution in [0.25, 0.3) is 0 Å². The third-order valence-corrected chi connectivity index (χ3v) is 11.3. The molecule has 1 aromatic carbocycles. The summed E-state index contributed by atoms with van der Waals surface area (Å²) in [7, 11) is 2.12. The van der Waals surface area contributed by atoms with Gasteiger partial charge in [-0.3, -0.25) is 25.1 Å². The number of hydrogen-bond donors (Lipinski definition) is 2. The standard InChI is InChI=1S/C30H39FN6O3S/c1-3-25(38)37-14-13-36(17-21(37)9-11-32)28-23-8-10-30(16-19-6-7-20(31)15-24(19)41-30)27(39)26(23)33-29(34-28)40-18-22-5-4-12-35(22)2/h3,6-7,15,21-23,26,28-29,33-34H,1,4-5,8-10,12-14,16-18H2,2H3/t21?,22?,23?,26?,28?,29?,30-/m0/s1. The summed E-state index contributed by atoms with van der Waals surface area (Å²) in [6.07, 6.45) is 5.25. The number of nitrogens with one attached hydrogen (secondary N) is 2. The van der Waals surface area contributed by atoms with Crippen molar-refractivity contribution in [2.75, 3.05) is 39.8 Å². The quantitative estimate of drug-likeness (QED) is 0.489. The highest BCUT2D eigenvalue weighted by Gasteiger charge is 2.56. The third-order valence-electron chi connectivity index (χ3n) is 9.73.